The molecule has 15 nitrogen and oxygen atoms in total. The molecule has 68 heavy (non-hydrogen) atoms. The molecule has 1 aliphatic rings. The van der Waals surface area contributed by atoms with Crippen molar-refractivity contribution in [1.29, 1.82) is 0 Å². The zero-order valence-electron chi connectivity index (χ0n) is 38.0. The van der Waals surface area contributed by atoms with Gasteiger partial charge in [0.05, 0.1) is 33.1 Å². The summed E-state index contributed by atoms with van der Waals surface area (Å²) in [6.07, 6.45) is 4.75. The number of fused-ring (bicyclic) bond motifs is 4. The van der Waals surface area contributed by atoms with Crippen molar-refractivity contribution in [2.45, 2.75) is 39.7 Å². The number of amides is 3. The highest BCUT2D eigenvalue weighted by Crippen LogP contribution is 2.47. The molecule has 336 valence electrons. The highest BCUT2D eigenvalue weighted by molar-refractivity contribution is 6.12. The van der Waals surface area contributed by atoms with Gasteiger partial charge in [0.25, 0.3) is 11.8 Å². The van der Waals surface area contributed by atoms with Crippen LogP contribution in [0.25, 0.3) is 77.7 Å². The summed E-state index contributed by atoms with van der Waals surface area (Å²) in [4.78, 5) is 61.3. The van der Waals surface area contributed by atoms with Gasteiger partial charge in [-0.1, -0.05) is 61.7 Å². The van der Waals surface area contributed by atoms with Crippen molar-refractivity contribution in [3.63, 3.8) is 0 Å². The van der Waals surface area contributed by atoms with Crippen LogP contribution in [0.3, 0.4) is 0 Å². The maximum Gasteiger partial charge on any atom is 0.250 e. The number of carbonyl (C=O) groups is 3. The van der Waals surface area contributed by atoms with Crippen LogP contribution < -0.4 is 27.4 Å². The Kier molecular flexibility index (Phi) is 10.2. The van der Waals surface area contributed by atoms with Crippen LogP contribution in [0.1, 0.15) is 38.8 Å². The van der Waals surface area contributed by atoms with Gasteiger partial charge in [-0.25, -0.2) is 19.9 Å². The first-order chi connectivity index (χ1) is 32.6. The van der Waals surface area contributed by atoms with Gasteiger partial charge in [-0.05, 0) is 98.0 Å². The number of aryl methyl sites for hydroxylation is 1. The molecule has 10 rings (SSSR count). The molecule has 0 fully saturated rings. The fourth-order valence-corrected chi connectivity index (χ4v) is 9.06. The van der Waals surface area contributed by atoms with Crippen LogP contribution in [-0.2, 0) is 33.4 Å². The number of benzene rings is 4. The Balaban J connectivity index is 1.09. The lowest BCUT2D eigenvalue weighted by atomic mass is 9.85. The van der Waals surface area contributed by atoms with Crippen LogP contribution in [0, 0.1) is 0 Å². The fourth-order valence-electron chi connectivity index (χ4n) is 9.06. The van der Waals surface area contributed by atoms with E-state index in [4.69, 9.17) is 21.4 Å². The molecule has 3 amide bonds. The summed E-state index contributed by atoms with van der Waals surface area (Å²) in [5.74, 6) is 0.0373. The Labute approximate surface area is 390 Å². The average molecular weight is 899 g/mol. The molecule has 5 aromatic heterocycles. The molecule has 7 N–H and O–H groups in total. The molecule has 0 spiro atoms. The van der Waals surface area contributed by atoms with E-state index in [1.807, 2.05) is 104 Å². The lowest BCUT2D eigenvalue weighted by molar-refractivity contribution is -0.119. The minimum Gasteiger partial charge on any atom is -0.383 e. The van der Waals surface area contributed by atoms with Crippen LogP contribution in [0.5, 0.6) is 0 Å². The third kappa shape index (κ3) is 7.17. The normalized spacial score (nSPS) is 12.9. The summed E-state index contributed by atoms with van der Waals surface area (Å²) in [7, 11) is 1.94. The topological polar surface area (TPSA) is 214 Å². The van der Waals surface area contributed by atoms with Crippen molar-refractivity contribution in [1.82, 2.24) is 34.1 Å². The molecule has 9 aromatic rings. The van der Waals surface area contributed by atoms with E-state index in [9.17, 15) is 14.4 Å². The van der Waals surface area contributed by atoms with Crippen LogP contribution >= 0.6 is 0 Å². The second-order valence-electron chi connectivity index (χ2n) is 17.7. The van der Waals surface area contributed by atoms with Gasteiger partial charge in [0.2, 0.25) is 5.91 Å². The Morgan fingerprint density at radius 1 is 0.676 bits per heavy atom. The quantitative estimate of drug-likeness (QED) is 0.0820. The zero-order valence-corrected chi connectivity index (χ0v) is 38.0. The number of nitrogen functional groups attached to an aromatic ring is 2. The van der Waals surface area contributed by atoms with Crippen molar-refractivity contribution in [2.75, 3.05) is 27.4 Å². The summed E-state index contributed by atoms with van der Waals surface area (Å²) in [6, 6.07) is 29.4. The molecule has 15 heteroatoms. The number of rotatable bonds is 10. The van der Waals surface area contributed by atoms with Crippen molar-refractivity contribution in [3.05, 3.63) is 145 Å². The van der Waals surface area contributed by atoms with Crippen LogP contribution in [0.15, 0.2) is 134 Å². The first kappa shape index (κ1) is 42.9. The molecule has 4 aromatic carbocycles. The lowest BCUT2D eigenvalue weighted by Gasteiger charge is -2.16. The molecule has 0 bridgehead atoms. The van der Waals surface area contributed by atoms with E-state index in [2.05, 4.69) is 66.8 Å². The number of anilines is 5. The summed E-state index contributed by atoms with van der Waals surface area (Å²) in [5.41, 5.74) is 26.0. The highest BCUT2D eigenvalue weighted by atomic mass is 16.2. The first-order valence-corrected chi connectivity index (χ1v) is 21.8. The van der Waals surface area contributed by atoms with E-state index in [0.717, 1.165) is 72.5 Å². The van der Waals surface area contributed by atoms with E-state index in [1.165, 1.54) is 12.7 Å². The second-order valence-corrected chi connectivity index (χ2v) is 17.7. The minimum absolute atomic E-state index is 0.0763. The standard InChI is InChI=1S/C53H46N12O3/c1-27(2)50(66)61-35-15-10-30(11-16-35)44-41(42-46(54)57-25-59-48(42)64(44)7)34-21-32-9-8-29(20-38(32)56-23-34)24-65-45(31-12-17-36(18-13-31)62-51(67)28(3)4)40(43-47(55)58-26-60-49(43)65)33-14-19-37-39(22-33)63-52(68)53(37,5)6/h8-23,25-26H,1,3,24H2,2,4-7H3,(H,61,66)(H,62,67)(H,63,68)(H2,54,57,59)(H2,55,58,60). The number of aromatic nitrogens is 7. The Morgan fingerprint density at radius 2 is 1.24 bits per heavy atom. The second kappa shape index (κ2) is 16.2. The van der Waals surface area contributed by atoms with Gasteiger partial charge in [-0.15, -0.1) is 0 Å². The van der Waals surface area contributed by atoms with Gasteiger partial charge >= 0.3 is 0 Å². The molecule has 0 unspecified atom stereocenters. The number of carbonyl (C=O) groups excluding carboxylic acids is 3. The van der Waals surface area contributed by atoms with Gasteiger partial charge in [0.1, 0.15) is 35.6 Å². The summed E-state index contributed by atoms with van der Waals surface area (Å²) in [6.45, 7) is 15.0. The van der Waals surface area contributed by atoms with Gasteiger partial charge in [-0.2, -0.15) is 0 Å². The summed E-state index contributed by atoms with van der Waals surface area (Å²) in [5, 5.41) is 11.1. The van der Waals surface area contributed by atoms with E-state index < -0.39 is 5.41 Å². The summed E-state index contributed by atoms with van der Waals surface area (Å²) < 4.78 is 4.11. The predicted octanol–water partition coefficient (Wildman–Crippen LogP) is 9.40. The fraction of sp³-hybridized carbons (Fsp3) is 0.132. The van der Waals surface area contributed by atoms with E-state index in [1.54, 1.807) is 13.8 Å². The van der Waals surface area contributed by atoms with E-state index in [-0.39, 0.29) is 17.7 Å². The SMILES string of the molecule is C=C(C)C(=O)Nc1ccc(-c2c(-c3cnc4cc(Cn5c(-c6ccc(NC(=O)C(=C)C)cc6)c(-c6ccc7c(c6)NC(=O)C7(C)C)c6c(N)ncnc65)ccc4c3)c3c(N)ncnc3n2C)cc1. The molecule has 6 heterocycles. The maximum absolute atomic E-state index is 13.1. The van der Waals surface area contributed by atoms with E-state index >= 15 is 0 Å². The molecular formula is C53H46N12O3. The van der Waals surface area contributed by atoms with Crippen LogP contribution in [0.2, 0.25) is 0 Å². The molecule has 0 aliphatic carbocycles. The zero-order chi connectivity index (χ0) is 47.8. The smallest absolute Gasteiger partial charge is 0.250 e. The third-order valence-corrected chi connectivity index (χ3v) is 12.6. The highest BCUT2D eigenvalue weighted by Gasteiger charge is 2.39. The van der Waals surface area contributed by atoms with Gasteiger partial charge in [0, 0.05) is 70.1 Å². The minimum atomic E-state index is -0.695. The number of hydrogen-bond donors (Lipinski definition) is 5. The number of nitrogens with zero attached hydrogens (tertiary/aromatic N) is 7. The van der Waals surface area contributed by atoms with Gasteiger partial charge in [-0.3, -0.25) is 19.4 Å². The van der Waals surface area contributed by atoms with Gasteiger partial charge < -0.3 is 36.6 Å². The monoisotopic (exact) mass is 898 g/mol. The van der Waals surface area contributed by atoms with Crippen LogP contribution in [-0.4, -0.2) is 51.8 Å². The first-order valence-electron chi connectivity index (χ1n) is 21.8. The lowest BCUT2D eigenvalue weighted by Crippen LogP contribution is -2.26. The molecule has 0 saturated carbocycles. The largest absolute Gasteiger partial charge is 0.383 e. The Bertz CT molecular complexity index is 3640. The molecular weight excluding hydrogens is 853 g/mol. The Hall–Kier alpha value is -8.98. The predicted molar refractivity (Wildman–Crippen MR) is 270 cm³/mol. The van der Waals surface area contributed by atoms with E-state index in [0.29, 0.717) is 62.8 Å². The molecule has 0 radical (unpaired) electrons. The number of nitrogens with two attached hydrogens (primary N) is 2. The third-order valence-electron chi connectivity index (χ3n) is 12.6. The number of pyridine rings is 1. The number of nitrogens with one attached hydrogen (secondary N) is 3. The van der Waals surface area contributed by atoms with Crippen molar-refractivity contribution in [3.8, 4) is 44.8 Å². The summed E-state index contributed by atoms with van der Waals surface area (Å²) >= 11 is 0. The maximum atomic E-state index is 13.1. The average Bonchev–Trinajstić information content (AvgIpc) is 3.90. The molecule has 0 atom stereocenters. The van der Waals surface area contributed by atoms with Gasteiger partial charge in [0.15, 0.2) is 0 Å². The molecule has 1 aliphatic heterocycles. The van der Waals surface area contributed by atoms with Crippen molar-refractivity contribution >= 4 is 79.4 Å². The Morgan fingerprint density at radius 3 is 1.85 bits per heavy atom. The molecule has 0 saturated heterocycles. The van der Waals surface area contributed by atoms with Crippen LogP contribution in [0.4, 0.5) is 28.7 Å². The van der Waals surface area contributed by atoms with Crippen molar-refractivity contribution in [2.24, 2.45) is 7.05 Å². The van der Waals surface area contributed by atoms with Crippen molar-refractivity contribution < 1.29 is 14.4 Å². The number of hydrogen-bond acceptors (Lipinski definition) is 10.